The topological polar surface area (TPSA) is 90.4 Å². The molecule has 1 aromatic heterocycles. The lowest BCUT2D eigenvalue weighted by atomic mass is 10.1. The van der Waals surface area contributed by atoms with Gasteiger partial charge in [0.2, 0.25) is 0 Å². The fourth-order valence-electron chi connectivity index (χ4n) is 1.53. The number of rotatable bonds is 3. The average Bonchev–Trinajstić information content (AvgIpc) is 2.80. The van der Waals surface area contributed by atoms with Crippen molar-refractivity contribution in [1.29, 1.82) is 0 Å². The van der Waals surface area contributed by atoms with E-state index in [4.69, 9.17) is 4.42 Å². The molecular weight excluding hydrogens is 258 g/mol. The summed E-state index contributed by atoms with van der Waals surface area (Å²) in [6.45, 7) is 0. The maximum atomic E-state index is 11.4. The molecule has 0 bridgehead atoms. The van der Waals surface area contributed by atoms with Gasteiger partial charge in [-0.1, -0.05) is 0 Å². The van der Waals surface area contributed by atoms with Crippen LogP contribution < -0.4 is 0 Å². The van der Waals surface area contributed by atoms with Crippen LogP contribution in [-0.2, 0) is 9.84 Å². The molecule has 0 amide bonds. The standard InChI is InChI=1S/C11H9NO5S/c1-18(15,16)8-4-5-9(10(7-8)12(13)14)11-3-2-6-17-11/h2-7H,1H3. The van der Waals surface area contributed by atoms with E-state index in [0.29, 0.717) is 5.76 Å². The highest BCUT2D eigenvalue weighted by Crippen LogP contribution is 2.32. The van der Waals surface area contributed by atoms with Crippen molar-refractivity contribution >= 4 is 15.5 Å². The highest BCUT2D eigenvalue weighted by Gasteiger charge is 2.20. The van der Waals surface area contributed by atoms with E-state index in [2.05, 4.69) is 0 Å². The molecule has 0 aliphatic heterocycles. The van der Waals surface area contributed by atoms with E-state index in [0.717, 1.165) is 12.3 Å². The molecule has 0 spiro atoms. The molecule has 94 valence electrons. The van der Waals surface area contributed by atoms with Crippen LogP contribution in [0.25, 0.3) is 11.3 Å². The van der Waals surface area contributed by atoms with Crippen molar-refractivity contribution in [1.82, 2.24) is 0 Å². The largest absolute Gasteiger partial charge is 0.464 e. The summed E-state index contributed by atoms with van der Waals surface area (Å²) in [7, 11) is -3.48. The SMILES string of the molecule is CS(=O)(=O)c1ccc(-c2ccco2)c([N+](=O)[O-])c1. The van der Waals surface area contributed by atoms with Crippen LogP contribution in [0.1, 0.15) is 0 Å². The Balaban J connectivity index is 2.67. The molecule has 0 saturated heterocycles. The van der Waals surface area contributed by atoms with Gasteiger partial charge in [-0.25, -0.2) is 8.42 Å². The van der Waals surface area contributed by atoms with E-state index >= 15 is 0 Å². The molecule has 1 heterocycles. The third-order valence-corrected chi connectivity index (χ3v) is 3.49. The van der Waals surface area contributed by atoms with Gasteiger partial charge in [-0.2, -0.15) is 0 Å². The van der Waals surface area contributed by atoms with Crippen molar-refractivity contribution in [3.05, 3.63) is 46.7 Å². The molecular formula is C11H9NO5S. The van der Waals surface area contributed by atoms with Gasteiger partial charge in [0.25, 0.3) is 5.69 Å². The summed E-state index contributed by atoms with van der Waals surface area (Å²) in [6, 6.07) is 6.90. The van der Waals surface area contributed by atoms with Crippen molar-refractivity contribution in [3.8, 4) is 11.3 Å². The minimum atomic E-state index is -3.48. The summed E-state index contributed by atoms with van der Waals surface area (Å²) in [5.74, 6) is 0.321. The Hall–Kier alpha value is -2.15. The molecule has 0 radical (unpaired) electrons. The zero-order valence-corrected chi connectivity index (χ0v) is 10.2. The predicted molar refractivity (Wildman–Crippen MR) is 63.9 cm³/mol. The third kappa shape index (κ3) is 2.25. The number of nitro groups is 1. The van der Waals surface area contributed by atoms with Crippen LogP contribution in [0, 0.1) is 10.1 Å². The first kappa shape index (κ1) is 12.3. The van der Waals surface area contributed by atoms with Gasteiger partial charge in [0.1, 0.15) is 5.76 Å². The monoisotopic (exact) mass is 267 g/mol. The van der Waals surface area contributed by atoms with Gasteiger partial charge >= 0.3 is 0 Å². The molecule has 0 unspecified atom stereocenters. The Morgan fingerprint density at radius 2 is 2.00 bits per heavy atom. The lowest BCUT2D eigenvalue weighted by Gasteiger charge is -2.02. The first-order valence-electron chi connectivity index (χ1n) is 4.92. The van der Waals surface area contributed by atoms with Crippen LogP contribution in [0.15, 0.2) is 45.9 Å². The molecule has 7 heteroatoms. The number of hydrogen-bond donors (Lipinski definition) is 0. The Kier molecular flexibility index (Phi) is 2.92. The second kappa shape index (κ2) is 4.26. The van der Waals surface area contributed by atoms with Crippen molar-refractivity contribution < 1.29 is 17.8 Å². The second-order valence-electron chi connectivity index (χ2n) is 3.69. The smallest absolute Gasteiger partial charge is 0.281 e. The summed E-state index contributed by atoms with van der Waals surface area (Å²) >= 11 is 0. The predicted octanol–water partition coefficient (Wildman–Crippen LogP) is 2.26. The van der Waals surface area contributed by atoms with Gasteiger partial charge in [-0.15, -0.1) is 0 Å². The summed E-state index contributed by atoms with van der Waals surface area (Å²) < 4.78 is 27.8. The Labute approximate surface area is 103 Å². The quantitative estimate of drug-likeness (QED) is 0.628. The third-order valence-electron chi connectivity index (χ3n) is 2.38. The van der Waals surface area contributed by atoms with Crippen LogP contribution in [-0.4, -0.2) is 19.6 Å². The zero-order valence-electron chi connectivity index (χ0n) is 9.36. The highest BCUT2D eigenvalue weighted by molar-refractivity contribution is 7.90. The van der Waals surface area contributed by atoms with Gasteiger partial charge in [-0.05, 0) is 24.3 Å². The van der Waals surface area contributed by atoms with Crippen molar-refractivity contribution in [2.45, 2.75) is 4.90 Å². The molecule has 6 nitrogen and oxygen atoms in total. The van der Waals surface area contributed by atoms with Gasteiger partial charge in [-0.3, -0.25) is 10.1 Å². The molecule has 0 fully saturated rings. The lowest BCUT2D eigenvalue weighted by Crippen LogP contribution is -1.99. The van der Waals surface area contributed by atoms with E-state index in [1.54, 1.807) is 12.1 Å². The zero-order chi connectivity index (χ0) is 13.3. The molecule has 0 aliphatic carbocycles. The van der Waals surface area contributed by atoms with Crippen LogP contribution in [0.4, 0.5) is 5.69 Å². The van der Waals surface area contributed by atoms with E-state index in [1.807, 2.05) is 0 Å². The van der Waals surface area contributed by atoms with E-state index in [1.165, 1.54) is 18.4 Å². The summed E-state index contributed by atoms with van der Waals surface area (Å²) in [5, 5.41) is 11.0. The van der Waals surface area contributed by atoms with Gasteiger partial charge < -0.3 is 4.42 Å². The Bertz CT molecular complexity index is 688. The van der Waals surface area contributed by atoms with Crippen molar-refractivity contribution in [2.75, 3.05) is 6.26 Å². The average molecular weight is 267 g/mol. The number of benzene rings is 1. The maximum Gasteiger partial charge on any atom is 0.281 e. The van der Waals surface area contributed by atoms with Gasteiger partial charge in [0.15, 0.2) is 9.84 Å². The summed E-state index contributed by atoms with van der Waals surface area (Å²) in [4.78, 5) is 10.2. The first-order valence-corrected chi connectivity index (χ1v) is 6.81. The number of sulfone groups is 1. The summed E-state index contributed by atoms with van der Waals surface area (Å²) in [5.41, 5.74) is -0.0507. The number of furan rings is 1. The fraction of sp³-hybridized carbons (Fsp3) is 0.0909. The number of nitrogens with zero attached hydrogens (tertiary/aromatic N) is 1. The molecule has 0 N–H and O–H groups in total. The molecule has 0 atom stereocenters. The first-order chi connectivity index (χ1) is 8.39. The molecule has 1 aromatic carbocycles. The summed E-state index contributed by atoms with van der Waals surface area (Å²) in [6.07, 6.45) is 2.39. The Morgan fingerprint density at radius 3 is 2.50 bits per heavy atom. The maximum absolute atomic E-state index is 11.4. The molecule has 2 aromatic rings. The fourth-order valence-corrected chi connectivity index (χ4v) is 2.17. The van der Waals surface area contributed by atoms with Crippen molar-refractivity contribution in [2.24, 2.45) is 0 Å². The highest BCUT2D eigenvalue weighted by atomic mass is 32.2. The van der Waals surface area contributed by atoms with Crippen molar-refractivity contribution in [3.63, 3.8) is 0 Å². The normalized spacial score (nSPS) is 11.4. The number of nitro benzene ring substituents is 1. The minimum absolute atomic E-state index is 0.0930. The van der Waals surface area contributed by atoms with Crippen LogP contribution in [0.2, 0.25) is 0 Å². The van der Waals surface area contributed by atoms with Gasteiger partial charge in [0.05, 0.1) is 21.6 Å². The lowest BCUT2D eigenvalue weighted by molar-refractivity contribution is -0.384. The van der Waals surface area contributed by atoms with E-state index in [9.17, 15) is 18.5 Å². The second-order valence-corrected chi connectivity index (χ2v) is 5.70. The van der Waals surface area contributed by atoms with Gasteiger partial charge in [0, 0.05) is 12.3 Å². The van der Waals surface area contributed by atoms with Crippen LogP contribution in [0.3, 0.4) is 0 Å². The van der Waals surface area contributed by atoms with Crippen LogP contribution >= 0.6 is 0 Å². The number of hydrogen-bond acceptors (Lipinski definition) is 5. The van der Waals surface area contributed by atoms with Crippen LogP contribution in [0.5, 0.6) is 0 Å². The van der Waals surface area contributed by atoms with E-state index < -0.39 is 14.8 Å². The Morgan fingerprint density at radius 1 is 1.28 bits per heavy atom. The van der Waals surface area contributed by atoms with E-state index in [-0.39, 0.29) is 16.1 Å². The minimum Gasteiger partial charge on any atom is -0.464 e. The molecule has 0 saturated carbocycles. The molecule has 2 rings (SSSR count). The molecule has 0 aliphatic rings. The molecule has 18 heavy (non-hydrogen) atoms.